The quantitative estimate of drug-likeness (QED) is 0.486. The summed E-state index contributed by atoms with van der Waals surface area (Å²) in [6.45, 7) is 12.6. The molecule has 0 bridgehead atoms. The summed E-state index contributed by atoms with van der Waals surface area (Å²) in [5.41, 5.74) is 1.54. The lowest BCUT2D eigenvalue weighted by molar-refractivity contribution is -0.125. The van der Waals surface area contributed by atoms with E-state index in [0.717, 1.165) is 41.9 Å². The lowest BCUT2D eigenvalue weighted by atomic mass is 9.53. The van der Waals surface area contributed by atoms with Gasteiger partial charge >= 0.3 is 0 Å². The Morgan fingerprint density at radius 3 is 2.50 bits per heavy atom. The molecule has 1 nitrogen and oxygen atoms in total. The molecule has 5 aliphatic carbocycles. The Kier molecular flexibility index (Phi) is 4.44. The highest BCUT2D eigenvalue weighted by atomic mass is 16.1. The zero-order chi connectivity index (χ0) is 19.9. The zero-order valence-corrected chi connectivity index (χ0v) is 19.2. The average Bonchev–Trinajstić information content (AvgIpc) is 3.19. The van der Waals surface area contributed by atoms with Gasteiger partial charge in [-0.1, -0.05) is 53.9 Å². The number of hydrogen-bond acceptors (Lipinski definition) is 1. The summed E-state index contributed by atoms with van der Waals surface area (Å²) in [5.74, 6) is 6.62. The molecule has 0 saturated heterocycles. The summed E-state index contributed by atoms with van der Waals surface area (Å²) in [7, 11) is 0. The van der Waals surface area contributed by atoms with Crippen LogP contribution < -0.4 is 0 Å². The van der Waals surface area contributed by atoms with Crippen LogP contribution in [0.25, 0.3) is 0 Å². The number of rotatable bonds is 5. The third-order valence-electron chi connectivity index (χ3n) is 11.5. The van der Waals surface area contributed by atoms with E-state index < -0.39 is 0 Å². The molecule has 0 heterocycles. The standard InChI is InChI=1S/C27H44O/c1-17(2)7-6-8-18(3)20-9-10-21-19-15-27-16-23(27)24(28)12-14-26(27,5)22(19)11-13-25(20,21)4/h17-23H,6-16H2,1-5H3. The van der Waals surface area contributed by atoms with Gasteiger partial charge in [-0.15, -0.1) is 0 Å². The van der Waals surface area contributed by atoms with Gasteiger partial charge in [-0.25, -0.2) is 0 Å². The van der Waals surface area contributed by atoms with E-state index in [1.807, 2.05) is 0 Å². The molecule has 0 N–H and O–H groups in total. The predicted octanol–water partition coefficient (Wildman–Crippen LogP) is 7.29. The van der Waals surface area contributed by atoms with Crippen LogP contribution in [-0.4, -0.2) is 5.78 Å². The second-order valence-electron chi connectivity index (χ2n) is 12.9. The molecule has 9 unspecified atom stereocenters. The molecular formula is C27H44O. The molecule has 0 aromatic heterocycles. The topological polar surface area (TPSA) is 17.1 Å². The minimum atomic E-state index is 0.448. The molecule has 5 rings (SSSR count). The second kappa shape index (κ2) is 6.34. The number of hydrogen-bond donors (Lipinski definition) is 0. The number of fused-ring (bicyclic) bond motifs is 4. The fourth-order valence-electron chi connectivity index (χ4n) is 9.99. The van der Waals surface area contributed by atoms with Crippen LogP contribution in [0, 0.1) is 57.7 Å². The molecule has 0 aromatic carbocycles. The van der Waals surface area contributed by atoms with E-state index in [-0.39, 0.29) is 0 Å². The van der Waals surface area contributed by atoms with E-state index in [1.54, 1.807) is 0 Å². The van der Waals surface area contributed by atoms with Gasteiger partial charge in [0.15, 0.2) is 0 Å². The summed E-state index contributed by atoms with van der Waals surface area (Å²) >= 11 is 0. The molecule has 0 aromatic rings. The van der Waals surface area contributed by atoms with Gasteiger partial charge < -0.3 is 0 Å². The summed E-state index contributed by atoms with van der Waals surface area (Å²) in [4.78, 5) is 12.5. The minimum Gasteiger partial charge on any atom is -0.299 e. The van der Waals surface area contributed by atoms with Crippen molar-refractivity contribution in [1.29, 1.82) is 0 Å². The van der Waals surface area contributed by atoms with Crippen LogP contribution >= 0.6 is 0 Å². The van der Waals surface area contributed by atoms with Gasteiger partial charge in [-0.05, 0) is 96.7 Å². The number of Topliss-reactive ketones (excluding diaryl/α,β-unsaturated/α-hetero) is 1. The Bertz CT molecular complexity index is 651. The molecule has 0 radical (unpaired) electrons. The van der Waals surface area contributed by atoms with Crippen molar-refractivity contribution in [3.05, 3.63) is 0 Å². The third kappa shape index (κ3) is 2.46. The normalized spacial score (nSPS) is 52.8. The third-order valence-corrected chi connectivity index (χ3v) is 11.5. The highest BCUT2D eigenvalue weighted by Gasteiger charge is 2.77. The molecule has 9 atom stereocenters. The Morgan fingerprint density at radius 1 is 0.964 bits per heavy atom. The second-order valence-corrected chi connectivity index (χ2v) is 12.9. The van der Waals surface area contributed by atoms with Crippen LogP contribution in [-0.2, 0) is 4.79 Å². The maximum absolute atomic E-state index is 12.5. The number of carbonyl (C=O) groups is 1. The fraction of sp³-hybridized carbons (Fsp3) is 0.963. The molecule has 0 amide bonds. The molecule has 0 aliphatic heterocycles. The summed E-state index contributed by atoms with van der Waals surface area (Å²) in [6.07, 6.45) is 15.0. The highest BCUT2D eigenvalue weighted by Crippen LogP contribution is 2.82. The van der Waals surface area contributed by atoms with Crippen LogP contribution in [0.3, 0.4) is 0 Å². The Morgan fingerprint density at radius 2 is 1.75 bits per heavy atom. The van der Waals surface area contributed by atoms with E-state index >= 15 is 0 Å². The summed E-state index contributed by atoms with van der Waals surface area (Å²) < 4.78 is 0. The van der Waals surface area contributed by atoms with Crippen molar-refractivity contribution >= 4 is 5.78 Å². The van der Waals surface area contributed by atoms with Crippen molar-refractivity contribution < 1.29 is 4.79 Å². The Labute approximate surface area is 173 Å². The lowest BCUT2D eigenvalue weighted by Crippen LogP contribution is -2.45. The first-order chi connectivity index (χ1) is 13.2. The smallest absolute Gasteiger partial charge is 0.136 e. The first-order valence-electron chi connectivity index (χ1n) is 12.8. The fourth-order valence-corrected chi connectivity index (χ4v) is 9.99. The van der Waals surface area contributed by atoms with Crippen molar-refractivity contribution in [2.24, 2.45) is 57.7 Å². The monoisotopic (exact) mass is 384 g/mol. The lowest BCUT2D eigenvalue weighted by Gasteiger charge is -2.51. The molecule has 5 saturated carbocycles. The van der Waals surface area contributed by atoms with Crippen LogP contribution in [0.4, 0.5) is 0 Å². The van der Waals surface area contributed by atoms with Crippen LogP contribution in [0.2, 0.25) is 0 Å². The van der Waals surface area contributed by atoms with Crippen molar-refractivity contribution in [1.82, 2.24) is 0 Å². The van der Waals surface area contributed by atoms with Crippen molar-refractivity contribution in [2.75, 3.05) is 0 Å². The van der Waals surface area contributed by atoms with Crippen molar-refractivity contribution in [3.8, 4) is 0 Å². The zero-order valence-electron chi connectivity index (χ0n) is 19.2. The van der Waals surface area contributed by atoms with Gasteiger partial charge in [0.05, 0.1) is 0 Å². The SMILES string of the molecule is CC(C)CCCC(C)C1CCC2C3CC45CC4C(=O)CCC5(C)C3CCC12C. The molecule has 1 spiro atoms. The summed E-state index contributed by atoms with van der Waals surface area (Å²) in [5, 5.41) is 0. The largest absolute Gasteiger partial charge is 0.299 e. The van der Waals surface area contributed by atoms with E-state index in [4.69, 9.17) is 0 Å². The van der Waals surface area contributed by atoms with Gasteiger partial charge in [0.2, 0.25) is 0 Å². The molecule has 28 heavy (non-hydrogen) atoms. The highest BCUT2D eigenvalue weighted by molar-refractivity contribution is 5.86. The Hall–Kier alpha value is -0.330. The molecule has 158 valence electrons. The van der Waals surface area contributed by atoms with Crippen LogP contribution in [0.1, 0.15) is 105 Å². The maximum atomic E-state index is 12.5. The van der Waals surface area contributed by atoms with Crippen LogP contribution in [0.5, 0.6) is 0 Å². The summed E-state index contributed by atoms with van der Waals surface area (Å²) in [6, 6.07) is 0. The van der Waals surface area contributed by atoms with Gasteiger partial charge in [0, 0.05) is 12.3 Å². The maximum Gasteiger partial charge on any atom is 0.136 e. The van der Waals surface area contributed by atoms with Crippen molar-refractivity contribution in [2.45, 2.75) is 105 Å². The molecular weight excluding hydrogens is 340 g/mol. The number of ketones is 1. The first-order valence-corrected chi connectivity index (χ1v) is 12.8. The van der Waals surface area contributed by atoms with E-state index in [0.29, 0.717) is 27.9 Å². The van der Waals surface area contributed by atoms with E-state index in [2.05, 4.69) is 34.6 Å². The van der Waals surface area contributed by atoms with Gasteiger partial charge in [0.1, 0.15) is 5.78 Å². The average molecular weight is 385 g/mol. The van der Waals surface area contributed by atoms with Crippen molar-refractivity contribution in [3.63, 3.8) is 0 Å². The predicted molar refractivity (Wildman–Crippen MR) is 116 cm³/mol. The first kappa shape index (κ1) is 19.6. The minimum absolute atomic E-state index is 0.448. The van der Waals surface area contributed by atoms with Gasteiger partial charge in [-0.2, -0.15) is 0 Å². The van der Waals surface area contributed by atoms with E-state index in [1.165, 1.54) is 64.2 Å². The van der Waals surface area contributed by atoms with Crippen LogP contribution in [0.15, 0.2) is 0 Å². The Balaban J connectivity index is 1.34. The van der Waals surface area contributed by atoms with E-state index in [9.17, 15) is 4.79 Å². The molecule has 1 heteroatoms. The van der Waals surface area contributed by atoms with Gasteiger partial charge in [0.25, 0.3) is 0 Å². The molecule has 5 fully saturated rings. The van der Waals surface area contributed by atoms with Gasteiger partial charge in [-0.3, -0.25) is 4.79 Å². The molecule has 5 aliphatic rings. The number of carbonyl (C=O) groups excluding carboxylic acids is 1.